The van der Waals surface area contributed by atoms with Gasteiger partial charge in [0, 0.05) is 25.3 Å². The minimum Gasteiger partial charge on any atom is -0.324 e. The largest absolute Gasteiger partial charge is 0.324 e. The number of amides is 3. The van der Waals surface area contributed by atoms with Crippen LogP contribution >= 0.6 is 0 Å². The number of hydrogen-bond donors (Lipinski definition) is 2. The highest BCUT2D eigenvalue weighted by atomic mass is 32.2. The number of nitrogens with zero attached hydrogens (tertiary/aromatic N) is 2. The summed E-state index contributed by atoms with van der Waals surface area (Å²) in [5.74, 6) is -1.29. The Kier molecular flexibility index (Phi) is 6.16. The summed E-state index contributed by atoms with van der Waals surface area (Å²) in [4.78, 5) is 28.6. The summed E-state index contributed by atoms with van der Waals surface area (Å²) >= 11 is 0. The highest BCUT2D eigenvalue weighted by Crippen LogP contribution is 2.31. The first-order valence-electron chi connectivity index (χ1n) is 10.5. The Morgan fingerprint density at radius 1 is 1.06 bits per heavy atom. The zero-order valence-corrected chi connectivity index (χ0v) is 18.5. The van der Waals surface area contributed by atoms with E-state index in [9.17, 15) is 22.4 Å². The average Bonchev–Trinajstić information content (AvgIpc) is 3.44. The van der Waals surface area contributed by atoms with Crippen molar-refractivity contribution in [2.75, 3.05) is 29.9 Å². The van der Waals surface area contributed by atoms with Crippen molar-refractivity contribution in [3.8, 4) is 0 Å². The third-order valence-corrected chi connectivity index (χ3v) is 7.26. The smallest absolute Gasteiger partial charge is 0.324 e. The van der Waals surface area contributed by atoms with Gasteiger partial charge in [-0.2, -0.15) is 4.72 Å². The van der Waals surface area contributed by atoms with Gasteiger partial charge in [0.05, 0.1) is 16.6 Å². The Labute approximate surface area is 186 Å². The SMILES string of the molecule is C[C@H](NS(=O)(=O)c1ccc2c(c1)CCN2C(=O)N1CCCC1)C(=O)Nc1ccccc1F. The summed E-state index contributed by atoms with van der Waals surface area (Å²) in [6.07, 6.45) is 2.55. The quantitative estimate of drug-likeness (QED) is 0.717. The van der Waals surface area contributed by atoms with E-state index in [1.165, 1.54) is 37.3 Å². The van der Waals surface area contributed by atoms with Gasteiger partial charge in [-0.05, 0) is 62.1 Å². The van der Waals surface area contributed by atoms with Gasteiger partial charge in [-0.1, -0.05) is 12.1 Å². The number of benzene rings is 2. The number of carbonyl (C=O) groups is 2. The predicted octanol–water partition coefficient (Wildman–Crippen LogP) is 2.71. The fourth-order valence-corrected chi connectivity index (χ4v) is 5.23. The molecule has 4 rings (SSSR count). The molecule has 0 aromatic heterocycles. The second-order valence-electron chi connectivity index (χ2n) is 7.98. The van der Waals surface area contributed by atoms with E-state index in [4.69, 9.17) is 0 Å². The van der Waals surface area contributed by atoms with Crippen LogP contribution in [-0.2, 0) is 21.2 Å². The number of halogens is 1. The number of sulfonamides is 1. The fourth-order valence-electron chi connectivity index (χ4n) is 3.98. The normalized spacial score (nSPS) is 16.7. The second kappa shape index (κ2) is 8.87. The van der Waals surface area contributed by atoms with Crippen molar-refractivity contribution in [2.45, 2.75) is 37.1 Å². The van der Waals surface area contributed by atoms with Crippen molar-refractivity contribution >= 4 is 33.3 Å². The molecule has 170 valence electrons. The van der Waals surface area contributed by atoms with Gasteiger partial charge in [0.25, 0.3) is 0 Å². The Bertz CT molecular complexity index is 1150. The van der Waals surface area contributed by atoms with E-state index in [0.29, 0.717) is 18.7 Å². The first-order chi connectivity index (χ1) is 15.3. The van der Waals surface area contributed by atoms with Crippen LogP contribution in [0.1, 0.15) is 25.3 Å². The number of fused-ring (bicyclic) bond motifs is 1. The molecule has 2 aromatic rings. The molecule has 2 N–H and O–H groups in total. The number of nitrogens with one attached hydrogen (secondary N) is 2. The molecule has 0 radical (unpaired) electrons. The Hall–Kier alpha value is -2.98. The van der Waals surface area contributed by atoms with E-state index in [-0.39, 0.29) is 16.6 Å². The molecule has 1 fully saturated rings. The van der Waals surface area contributed by atoms with Crippen molar-refractivity contribution in [1.82, 2.24) is 9.62 Å². The maximum absolute atomic E-state index is 13.7. The molecular formula is C22H25FN4O4S. The molecule has 10 heteroatoms. The standard InChI is InChI=1S/C22H25FN4O4S/c1-15(21(28)24-19-7-3-2-6-18(19)23)25-32(30,31)17-8-9-20-16(14-17)10-13-27(20)22(29)26-11-4-5-12-26/h2-3,6-9,14-15,25H,4-5,10-13H2,1H3,(H,24,28)/t15-/m0/s1. The van der Waals surface area contributed by atoms with Crippen LogP contribution in [0.2, 0.25) is 0 Å². The molecule has 1 saturated heterocycles. The molecule has 0 bridgehead atoms. The van der Waals surface area contributed by atoms with E-state index >= 15 is 0 Å². The topological polar surface area (TPSA) is 98.8 Å². The first-order valence-corrected chi connectivity index (χ1v) is 12.0. The number of likely N-dealkylation sites (tertiary alicyclic amines) is 1. The average molecular weight is 461 g/mol. The first kappa shape index (κ1) is 22.2. The monoisotopic (exact) mass is 460 g/mol. The van der Waals surface area contributed by atoms with Gasteiger partial charge in [0.2, 0.25) is 15.9 Å². The zero-order chi connectivity index (χ0) is 22.9. The van der Waals surface area contributed by atoms with Crippen molar-refractivity contribution in [2.24, 2.45) is 0 Å². The predicted molar refractivity (Wildman–Crippen MR) is 119 cm³/mol. The van der Waals surface area contributed by atoms with E-state index < -0.39 is 27.8 Å². The number of para-hydroxylation sites is 1. The van der Waals surface area contributed by atoms with Crippen LogP contribution < -0.4 is 14.9 Å². The van der Waals surface area contributed by atoms with Gasteiger partial charge in [-0.15, -0.1) is 0 Å². The number of urea groups is 1. The van der Waals surface area contributed by atoms with Crippen LogP contribution in [0.5, 0.6) is 0 Å². The number of carbonyl (C=O) groups excluding carboxylic acids is 2. The Morgan fingerprint density at radius 3 is 2.50 bits per heavy atom. The van der Waals surface area contributed by atoms with Gasteiger partial charge >= 0.3 is 6.03 Å². The zero-order valence-electron chi connectivity index (χ0n) is 17.7. The van der Waals surface area contributed by atoms with Crippen LogP contribution in [0, 0.1) is 5.82 Å². The lowest BCUT2D eigenvalue weighted by Crippen LogP contribution is -2.41. The molecule has 0 spiro atoms. The van der Waals surface area contributed by atoms with Gasteiger partial charge in [0.1, 0.15) is 5.82 Å². The van der Waals surface area contributed by atoms with Crippen molar-refractivity contribution in [3.63, 3.8) is 0 Å². The fraction of sp³-hybridized carbons (Fsp3) is 0.364. The molecule has 2 aromatic carbocycles. The molecule has 2 heterocycles. The summed E-state index contributed by atoms with van der Waals surface area (Å²) in [6, 6.07) is 9.08. The molecule has 32 heavy (non-hydrogen) atoms. The van der Waals surface area contributed by atoms with E-state index in [1.54, 1.807) is 17.0 Å². The molecule has 1 atom stereocenters. The van der Waals surface area contributed by atoms with Gasteiger partial charge in [0.15, 0.2) is 0 Å². The Morgan fingerprint density at radius 2 is 1.78 bits per heavy atom. The van der Waals surface area contributed by atoms with Crippen LogP contribution in [0.4, 0.5) is 20.6 Å². The second-order valence-corrected chi connectivity index (χ2v) is 9.69. The lowest BCUT2D eigenvalue weighted by atomic mass is 10.2. The van der Waals surface area contributed by atoms with Crippen molar-refractivity contribution < 1.29 is 22.4 Å². The molecule has 0 saturated carbocycles. The summed E-state index contributed by atoms with van der Waals surface area (Å²) < 4.78 is 41.8. The summed E-state index contributed by atoms with van der Waals surface area (Å²) in [5, 5.41) is 2.38. The van der Waals surface area contributed by atoms with E-state index in [2.05, 4.69) is 10.0 Å². The van der Waals surface area contributed by atoms with Crippen molar-refractivity contribution in [1.29, 1.82) is 0 Å². The number of anilines is 2. The molecule has 2 aliphatic heterocycles. The number of hydrogen-bond acceptors (Lipinski definition) is 4. The third kappa shape index (κ3) is 4.46. The molecule has 3 amide bonds. The van der Waals surface area contributed by atoms with Crippen molar-refractivity contribution in [3.05, 3.63) is 53.8 Å². The highest BCUT2D eigenvalue weighted by Gasteiger charge is 2.31. The maximum atomic E-state index is 13.7. The van der Waals surface area contributed by atoms with E-state index in [0.717, 1.165) is 31.5 Å². The Balaban J connectivity index is 1.45. The van der Waals surface area contributed by atoms with Gasteiger partial charge in [-0.25, -0.2) is 17.6 Å². The van der Waals surface area contributed by atoms with E-state index in [1.807, 2.05) is 4.90 Å². The summed E-state index contributed by atoms with van der Waals surface area (Å²) in [6.45, 7) is 3.38. The third-order valence-electron chi connectivity index (χ3n) is 5.72. The number of rotatable bonds is 5. The molecule has 8 nitrogen and oxygen atoms in total. The van der Waals surface area contributed by atoms with Gasteiger partial charge in [-0.3, -0.25) is 9.69 Å². The molecule has 2 aliphatic rings. The van der Waals surface area contributed by atoms with Crippen LogP contribution in [0.25, 0.3) is 0 Å². The summed E-state index contributed by atoms with van der Waals surface area (Å²) in [5.41, 5.74) is 1.46. The van der Waals surface area contributed by atoms with Gasteiger partial charge < -0.3 is 10.2 Å². The van der Waals surface area contributed by atoms with Crippen LogP contribution in [0.3, 0.4) is 0 Å². The minimum atomic E-state index is -4.00. The lowest BCUT2D eigenvalue weighted by Gasteiger charge is -2.24. The molecular weight excluding hydrogens is 435 g/mol. The molecule has 0 unspecified atom stereocenters. The van der Waals surface area contributed by atoms with Crippen LogP contribution in [-0.4, -0.2) is 50.9 Å². The summed E-state index contributed by atoms with van der Waals surface area (Å²) in [7, 11) is -4.00. The van der Waals surface area contributed by atoms with Crippen LogP contribution in [0.15, 0.2) is 47.4 Å². The highest BCUT2D eigenvalue weighted by molar-refractivity contribution is 7.89. The maximum Gasteiger partial charge on any atom is 0.324 e. The molecule has 0 aliphatic carbocycles. The minimum absolute atomic E-state index is 0.0114. The lowest BCUT2D eigenvalue weighted by molar-refractivity contribution is -0.117.